The first-order valence-corrected chi connectivity index (χ1v) is 6.85. The molecule has 0 spiro atoms. The van der Waals surface area contributed by atoms with Gasteiger partial charge in [0.1, 0.15) is 0 Å². The van der Waals surface area contributed by atoms with Crippen LogP contribution in [0.5, 0.6) is 0 Å². The van der Waals surface area contributed by atoms with Gasteiger partial charge in [-0.25, -0.2) is 5.01 Å². The third-order valence-electron chi connectivity index (χ3n) is 3.46. The van der Waals surface area contributed by atoms with E-state index in [1.807, 2.05) is 25.1 Å². The third-order valence-corrected chi connectivity index (χ3v) is 3.46. The minimum absolute atomic E-state index is 0.0225. The van der Waals surface area contributed by atoms with Crippen molar-refractivity contribution >= 4 is 5.91 Å². The Labute approximate surface area is 109 Å². The lowest BCUT2D eigenvalue weighted by Gasteiger charge is -2.28. The maximum absolute atomic E-state index is 12.1. The van der Waals surface area contributed by atoms with Gasteiger partial charge >= 0.3 is 0 Å². The van der Waals surface area contributed by atoms with Gasteiger partial charge in [0, 0.05) is 19.0 Å². The fraction of sp³-hybridized carbons (Fsp3) is 0.533. The standard InChI is InChI=1S/C15H22N2O/c1-13(12-14-8-4-2-5-9-14)15(18)16-17-10-6-3-7-11-17/h2,4-5,8-9,13H,3,6-7,10-12H2,1H3,(H,16,18). The number of nitrogens with zero attached hydrogens (tertiary/aromatic N) is 1. The highest BCUT2D eigenvalue weighted by Gasteiger charge is 2.17. The molecule has 1 aromatic rings. The fourth-order valence-electron chi connectivity index (χ4n) is 2.33. The highest BCUT2D eigenvalue weighted by atomic mass is 16.2. The van der Waals surface area contributed by atoms with Gasteiger partial charge in [-0.15, -0.1) is 0 Å². The summed E-state index contributed by atoms with van der Waals surface area (Å²) >= 11 is 0. The molecule has 18 heavy (non-hydrogen) atoms. The number of hydrogen-bond acceptors (Lipinski definition) is 2. The zero-order valence-electron chi connectivity index (χ0n) is 11.1. The van der Waals surface area contributed by atoms with Crippen LogP contribution in [0.3, 0.4) is 0 Å². The van der Waals surface area contributed by atoms with Crippen LogP contribution in [0, 0.1) is 5.92 Å². The summed E-state index contributed by atoms with van der Waals surface area (Å²) in [4.78, 5) is 12.1. The minimum Gasteiger partial charge on any atom is -0.289 e. The van der Waals surface area contributed by atoms with E-state index in [2.05, 4.69) is 22.6 Å². The lowest BCUT2D eigenvalue weighted by Crippen LogP contribution is -2.47. The van der Waals surface area contributed by atoms with Crippen LogP contribution in [0.1, 0.15) is 31.7 Å². The Morgan fingerprint density at radius 3 is 2.56 bits per heavy atom. The first kappa shape index (κ1) is 13.1. The first-order chi connectivity index (χ1) is 8.75. The molecule has 1 amide bonds. The highest BCUT2D eigenvalue weighted by Crippen LogP contribution is 2.10. The van der Waals surface area contributed by atoms with Crippen molar-refractivity contribution in [3.05, 3.63) is 35.9 Å². The molecule has 1 aliphatic rings. The average Bonchev–Trinajstić information content (AvgIpc) is 2.41. The summed E-state index contributed by atoms with van der Waals surface area (Å²) in [6, 6.07) is 10.2. The van der Waals surface area contributed by atoms with E-state index in [1.54, 1.807) is 0 Å². The Kier molecular flexibility index (Phi) is 4.76. The number of carbonyl (C=O) groups is 1. The molecular weight excluding hydrogens is 224 g/mol. The van der Waals surface area contributed by atoms with E-state index >= 15 is 0 Å². The van der Waals surface area contributed by atoms with Gasteiger partial charge in [-0.3, -0.25) is 10.2 Å². The van der Waals surface area contributed by atoms with Crippen LogP contribution in [-0.4, -0.2) is 24.0 Å². The van der Waals surface area contributed by atoms with E-state index < -0.39 is 0 Å². The summed E-state index contributed by atoms with van der Waals surface area (Å²) in [7, 11) is 0. The predicted molar refractivity (Wildman–Crippen MR) is 72.9 cm³/mol. The molecule has 1 N–H and O–H groups in total. The fourth-order valence-corrected chi connectivity index (χ4v) is 2.33. The molecule has 1 aliphatic heterocycles. The summed E-state index contributed by atoms with van der Waals surface area (Å²) in [5, 5.41) is 2.06. The van der Waals surface area contributed by atoms with Gasteiger partial charge in [0.05, 0.1) is 0 Å². The van der Waals surface area contributed by atoms with Crippen LogP contribution in [-0.2, 0) is 11.2 Å². The van der Waals surface area contributed by atoms with E-state index in [0.29, 0.717) is 0 Å². The third kappa shape index (κ3) is 3.84. The maximum atomic E-state index is 12.1. The van der Waals surface area contributed by atoms with Gasteiger partial charge in [0.25, 0.3) is 0 Å². The molecule has 3 nitrogen and oxygen atoms in total. The Hall–Kier alpha value is -1.35. The molecule has 0 aliphatic carbocycles. The first-order valence-electron chi connectivity index (χ1n) is 6.85. The summed E-state index contributed by atoms with van der Waals surface area (Å²) in [6.45, 7) is 3.97. The van der Waals surface area contributed by atoms with Gasteiger partial charge in [-0.05, 0) is 24.8 Å². The monoisotopic (exact) mass is 246 g/mol. The Bertz CT molecular complexity index is 371. The molecule has 1 fully saturated rings. The summed E-state index contributed by atoms with van der Waals surface area (Å²) in [5.41, 5.74) is 4.25. The lowest BCUT2D eigenvalue weighted by atomic mass is 10.0. The molecular formula is C15H22N2O. The van der Waals surface area contributed by atoms with Crippen LogP contribution in [0.15, 0.2) is 30.3 Å². The van der Waals surface area contributed by atoms with Crippen LogP contribution in [0.2, 0.25) is 0 Å². The number of benzene rings is 1. The van der Waals surface area contributed by atoms with Crippen molar-refractivity contribution in [1.29, 1.82) is 0 Å². The number of carbonyl (C=O) groups excluding carboxylic acids is 1. The topological polar surface area (TPSA) is 32.3 Å². The van der Waals surface area contributed by atoms with E-state index in [0.717, 1.165) is 19.5 Å². The number of amides is 1. The molecule has 98 valence electrons. The van der Waals surface area contributed by atoms with Crippen LogP contribution in [0.4, 0.5) is 0 Å². The van der Waals surface area contributed by atoms with Crippen molar-refractivity contribution < 1.29 is 4.79 Å². The molecule has 3 heteroatoms. The minimum atomic E-state index is 0.0225. The van der Waals surface area contributed by atoms with Gasteiger partial charge in [0.15, 0.2) is 0 Å². The quantitative estimate of drug-likeness (QED) is 0.884. The van der Waals surface area contributed by atoms with Crippen molar-refractivity contribution in [1.82, 2.24) is 10.4 Å². The molecule has 1 atom stereocenters. The Morgan fingerprint density at radius 1 is 1.22 bits per heavy atom. The maximum Gasteiger partial charge on any atom is 0.237 e. The van der Waals surface area contributed by atoms with Crippen molar-refractivity contribution in [2.75, 3.05) is 13.1 Å². The Morgan fingerprint density at radius 2 is 1.89 bits per heavy atom. The number of hydrogen-bond donors (Lipinski definition) is 1. The van der Waals surface area contributed by atoms with Crippen LogP contribution >= 0.6 is 0 Å². The lowest BCUT2D eigenvalue weighted by molar-refractivity contribution is -0.129. The normalized spacial score (nSPS) is 18.3. The Balaban J connectivity index is 1.81. The molecule has 2 rings (SSSR count). The molecule has 0 aromatic heterocycles. The van der Waals surface area contributed by atoms with E-state index in [9.17, 15) is 4.79 Å². The number of piperidine rings is 1. The zero-order valence-corrected chi connectivity index (χ0v) is 11.1. The SMILES string of the molecule is CC(Cc1ccccc1)C(=O)NN1CCCCC1. The molecule has 1 heterocycles. The van der Waals surface area contributed by atoms with Crippen molar-refractivity contribution in [2.24, 2.45) is 5.92 Å². The van der Waals surface area contributed by atoms with Gasteiger partial charge in [-0.2, -0.15) is 0 Å². The van der Waals surface area contributed by atoms with Crippen LogP contribution < -0.4 is 5.43 Å². The smallest absolute Gasteiger partial charge is 0.237 e. The molecule has 1 saturated heterocycles. The molecule has 0 saturated carbocycles. The second-order valence-electron chi connectivity index (χ2n) is 5.11. The van der Waals surface area contributed by atoms with Crippen molar-refractivity contribution in [3.63, 3.8) is 0 Å². The summed E-state index contributed by atoms with van der Waals surface area (Å²) in [6.07, 6.45) is 4.47. The summed E-state index contributed by atoms with van der Waals surface area (Å²) in [5.74, 6) is 0.162. The largest absolute Gasteiger partial charge is 0.289 e. The van der Waals surface area contributed by atoms with E-state index in [1.165, 1.54) is 24.8 Å². The predicted octanol–water partition coefficient (Wildman–Crippen LogP) is 2.38. The average molecular weight is 246 g/mol. The van der Waals surface area contributed by atoms with Gasteiger partial charge in [0.2, 0.25) is 5.91 Å². The molecule has 1 unspecified atom stereocenters. The van der Waals surface area contributed by atoms with Crippen molar-refractivity contribution in [3.8, 4) is 0 Å². The van der Waals surface area contributed by atoms with Gasteiger partial charge in [-0.1, -0.05) is 43.7 Å². The highest BCUT2D eigenvalue weighted by molar-refractivity contribution is 5.78. The molecule has 1 aromatic carbocycles. The number of hydrazine groups is 1. The number of nitrogens with one attached hydrogen (secondary N) is 1. The molecule has 0 radical (unpaired) electrons. The van der Waals surface area contributed by atoms with E-state index in [-0.39, 0.29) is 11.8 Å². The summed E-state index contributed by atoms with van der Waals surface area (Å²) < 4.78 is 0. The van der Waals surface area contributed by atoms with Crippen molar-refractivity contribution in [2.45, 2.75) is 32.6 Å². The van der Waals surface area contributed by atoms with Gasteiger partial charge < -0.3 is 0 Å². The second kappa shape index (κ2) is 6.55. The molecule has 0 bridgehead atoms. The van der Waals surface area contributed by atoms with Crippen LogP contribution in [0.25, 0.3) is 0 Å². The zero-order chi connectivity index (χ0) is 12.8. The number of rotatable bonds is 4. The van der Waals surface area contributed by atoms with E-state index in [4.69, 9.17) is 0 Å². The second-order valence-corrected chi connectivity index (χ2v) is 5.11.